The summed E-state index contributed by atoms with van der Waals surface area (Å²) < 4.78 is 18.1. The Bertz CT molecular complexity index is 696. The summed E-state index contributed by atoms with van der Waals surface area (Å²) in [5, 5.41) is 2.70. The van der Waals surface area contributed by atoms with Crippen LogP contribution in [0.1, 0.15) is 53.3 Å². The van der Waals surface area contributed by atoms with Gasteiger partial charge in [-0.25, -0.2) is 9.18 Å². The zero-order chi connectivity index (χ0) is 18.1. The summed E-state index contributed by atoms with van der Waals surface area (Å²) >= 11 is 0. The molecule has 2 rings (SSSR count). The number of halogens is 1. The Morgan fingerprint density at radius 2 is 1.56 bits per heavy atom. The first-order valence-electron chi connectivity index (χ1n) is 8.44. The lowest BCUT2D eigenvalue weighted by Gasteiger charge is -2.07. The number of unbranched alkanes of at least 4 members (excludes halogenated alkanes) is 3. The summed E-state index contributed by atoms with van der Waals surface area (Å²) in [6.45, 7) is 2.55. The van der Waals surface area contributed by atoms with Gasteiger partial charge in [0.25, 0.3) is 5.91 Å². The second-order valence-electron chi connectivity index (χ2n) is 5.73. The Morgan fingerprint density at radius 3 is 2.20 bits per heavy atom. The van der Waals surface area contributed by atoms with Crippen molar-refractivity contribution < 1.29 is 18.7 Å². The highest BCUT2D eigenvalue weighted by Crippen LogP contribution is 2.13. The summed E-state index contributed by atoms with van der Waals surface area (Å²) in [5.74, 6) is -1.10. The molecule has 0 fully saturated rings. The molecule has 0 aromatic heterocycles. The maximum absolute atomic E-state index is 12.9. The van der Waals surface area contributed by atoms with Crippen molar-refractivity contribution in [3.63, 3.8) is 0 Å². The molecular weight excluding hydrogens is 321 g/mol. The van der Waals surface area contributed by atoms with Gasteiger partial charge in [0, 0.05) is 11.3 Å². The number of nitrogens with one attached hydrogen (secondary N) is 1. The van der Waals surface area contributed by atoms with Gasteiger partial charge in [0.1, 0.15) is 5.82 Å². The van der Waals surface area contributed by atoms with Crippen LogP contribution >= 0.6 is 0 Å². The fourth-order valence-corrected chi connectivity index (χ4v) is 2.27. The predicted octanol–water partition coefficient (Wildman–Crippen LogP) is 4.82. The van der Waals surface area contributed by atoms with E-state index in [0.717, 1.165) is 25.7 Å². The minimum atomic E-state index is -0.394. The van der Waals surface area contributed by atoms with E-state index < -0.39 is 5.82 Å². The van der Waals surface area contributed by atoms with Crippen LogP contribution in [0.4, 0.5) is 10.1 Å². The molecule has 1 amide bonds. The molecule has 0 saturated carbocycles. The molecule has 0 saturated heterocycles. The van der Waals surface area contributed by atoms with Gasteiger partial charge in [0.05, 0.1) is 12.2 Å². The number of rotatable bonds is 8. The van der Waals surface area contributed by atoms with Crippen molar-refractivity contribution in [2.45, 2.75) is 32.6 Å². The number of ether oxygens (including phenoxy) is 1. The zero-order valence-electron chi connectivity index (χ0n) is 14.3. The van der Waals surface area contributed by atoms with Gasteiger partial charge >= 0.3 is 5.97 Å². The quantitative estimate of drug-likeness (QED) is 0.552. The topological polar surface area (TPSA) is 55.4 Å². The minimum Gasteiger partial charge on any atom is -0.462 e. The van der Waals surface area contributed by atoms with E-state index in [0.29, 0.717) is 23.4 Å². The summed E-state index contributed by atoms with van der Waals surface area (Å²) in [7, 11) is 0. The van der Waals surface area contributed by atoms with Gasteiger partial charge in [-0.05, 0) is 55.0 Å². The van der Waals surface area contributed by atoms with E-state index in [9.17, 15) is 14.0 Å². The van der Waals surface area contributed by atoms with Crippen molar-refractivity contribution >= 4 is 17.6 Å². The summed E-state index contributed by atoms with van der Waals surface area (Å²) in [4.78, 5) is 24.0. The predicted molar refractivity (Wildman–Crippen MR) is 95.2 cm³/mol. The SMILES string of the molecule is CCCCCCOC(=O)c1ccc(NC(=O)c2ccc(F)cc2)cc1. The van der Waals surface area contributed by atoms with Crippen LogP contribution in [0, 0.1) is 5.82 Å². The first-order valence-corrected chi connectivity index (χ1v) is 8.44. The molecule has 2 aromatic rings. The van der Waals surface area contributed by atoms with Crippen LogP contribution in [0.2, 0.25) is 0 Å². The van der Waals surface area contributed by atoms with E-state index in [1.807, 2.05) is 0 Å². The molecule has 1 N–H and O–H groups in total. The molecule has 0 radical (unpaired) electrons. The highest BCUT2D eigenvalue weighted by molar-refractivity contribution is 6.04. The summed E-state index contributed by atoms with van der Waals surface area (Å²) in [6, 6.07) is 11.8. The Balaban J connectivity index is 1.85. The van der Waals surface area contributed by atoms with Gasteiger partial charge in [-0.15, -0.1) is 0 Å². The fourth-order valence-electron chi connectivity index (χ4n) is 2.27. The fraction of sp³-hybridized carbons (Fsp3) is 0.300. The lowest BCUT2D eigenvalue weighted by Crippen LogP contribution is -2.12. The number of anilines is 1. The number of hydrogen-bond donors (Lipinski definition) is 1. The number of benzene rings is 2. The van der Waals surface area contributed by atoms with Crippen molar-refractivity contribution in [1.82, 2.24) is 0 Å². The molecule has 5 heteroatoms. The van der Waals surface area contributed by atoms with Crippen molar-refractivity contribution in [3.8, 4) is 0 Å². The Hall–Kier alpha value is -2.69. The van der Waals surface area contributed by atoms with Crippen molar-refractivity contribution in [2.24, 2.45) is 0 Å². The standard InChI is InChI=1S/C20H22FNO3/c1-2-3-4-5-14-25-20(24)16-8-12-18(13-9-16)22-19(23)15-6-10-17(21)11-7-15/h6-13H,2-5,14H2,1H3,(H,22,23). The van der Waals surface area contributed by atoms with Gasteiger partial charge in [0.2, 0.25) is 0 Å². The minimum absolute atomic E-state index is 0.341. The van der Waals surface area contributed by atoms with Gasteiger partial charge in [-0.1, -0.05) is 26.2 Å². The summed E-state index contributed by atoms with van der Waals surface area (Å²) in [5.41, 5.74) is 1.35. The molecular formula is C20H22FNO3. The van der Waals surface area contributed by atoms with E-state index in [2.05, 4.69) is 12.2 Å². The van der Waals surface area contributed by atoms with Gasteiger partial charge in [-0.3, -0.25) is 4.79 Å². The normalized spacial score (nSPS) is 10.3. The third-order valence-corrected chi connectivity index (χ3v) is 3.72. The number of carbonyl (C=O) groups excluding carboxylic acids is 2. The van der Waals surface area contributed by atoms with E-state index in [4.69, 9.17) is 4.74 Å². The molecule has 0 aliphatic heterocycles. The van der Waals surface area contributed by atoms with Gasteiger partial charge < -0.3 is 10.1 Å². The van der Waals surface area contributed by atoms with E-state index in [1.165, 1.54) is 24.3 Å². The first-order chi connectivity index (χ1) is 12.1. The molecule has 0 bridgehead atoms. The van der Waals surface area contributed by atoms with Gasteiger partial charge in [0.15, 0.2) is 0 Å². The monoisotopic (exact) mass is 343 g/mol. The molecule has 25 heavy (non-hydrogen) atoms. The van der Waals surface area contributed by atoms with E-state index in [1.54, 1.807) is 24.3 Å². The van der Waals surface area contributed by atoms with Crippen LogP contribution in [0.15, 0.2) is 48.5 Å². The highest BCUT2D eigenvalue weighted by atomic mass is 19.1. The van der Waals surface area contributed by atoms with E-state index >= 15 is 0 Å². The van der Waals surface area contributed by atoms with Gasteiger partial charge in [-0.2, -0.15) is 0 Å². The van der Waals surface area contributed by atoms with Crippen LogP contribution < -0.4 is 5.32 Å². The van der Waals surface area contributed by atoms with Crippen LogP contribution in [0.3, 0.4) is 0 Å². The maximum Gasteiger partial charge on any atom is 0.338 e. The molecule has 0 unspecified atom stereocenters. The smallest absolute Gasteiger partial charge is 0.338 e. The molecule has 132 valence electrons. The first kappa shape index (κ1) is 18.6. The zero-order valence-corrected chi connectivity index (χ0v) is 14.3. The Morgan fingerprint density at radius 1 is 0.920 bits per heavy atom. The Labute approximate surface area is 147 Å². The average Bonchev–Trinajstić information content (AvgIpc) is 2.62. The second kappa shape index (κ2) is 9.57. The van der Waals surface area contributed by atoms with Crippen LogP contribution in [0.5, 0.6) is 0 Å². The maximum atomic E-state index is 12.9. The molecule has 0 aliphatic carbocycles. The lowest BCUT2D eigenvalue weighted by atomic mass is 10.2. The largest absolute Gasteiger partial charge is 0.462 e. The number of carbonyl (C=O) groups is 2. The lowest BCUT2D eigenvalue weighted by molar-refractivity contribution is 0.0498. The van der Waals surface area contributed by atoms with Crippen molar-refractivity contribution in [2.75, 3.05) is 11.9 Å². The molecule has 0 atom stereocenters. The molecule has 4 nitrogen and oxygen atoms in total. The number of amides is 1. The van der Waals surface area contributed by atoms with Crippen molar-refractivity contribution in [3.05, 3.63) is 65.5 Å². The third kappa shape index (κ3) is 6.03. The second-order valence-corrected chi connectivity index (χ2v) is 5.73. The van der Waals surface area contributed by atoms with Crippen molar-refractivity contribution in [1.29, 1.82) is 0 Å². The third-order valence-electron chi connectivity index (χ3n) is 3.72. The van der Waals surface area contributed by atoms with Crippen LogP contribution in [0.25, 0.3) is 0 Å². The molecule has 0 spiro atoms. The molecule has 0 heterocycles. The molecule has 0 aliphatic rings. The number of hydrogen-bond acceptors (Lipinski definition) is 3. The average molecular weight is 343 g/mol. The molecule has 2 aromatic carbocycles. The highest BCUT2D eigenvalue weighted by Gasteiger charge is 2.09. The Kier molecular flexibility index (Phi) is 7.14. The summed E-state index contributed by atoms with van der Waals surface area (Å²) in [6.07, 6.45) is 4.20. The van der Waals surface area contributed by atoms with E-state index in [-0.39, 0.29) is 11.9 Å². The number of esters is 1. The van der Waals surface area contributed by atoms with Crippen LogP contribution in [-0.4, -0.2) is 18.5 Å². The van der Waals surface area contributed by atoms with Crippen LogP contribution in [-0.2, 0) is 4.74 Å².